The van der Waals surface area contributed by atoms with Crippen molar-refractivity contribution >= 4 is 46.6 Å². The van der Waals surface area contributed by atoms with E-state index in [0.717, 1.165) is 0 Å². The number of benzene rings is 1. The summed E-state index contributed by atoms with van der Waals surface area (Å²) in [5.41, 5.74) is 7.44. The fourth-order valence-corrected chi connectivity index (χ4v) is 2.46. The molecule has 0 amide bonds. The summed E-state index contributed by atoms with van der Waals surface area (Å²) in [5.74, 6) is -0.763. The van der Waals surface area contributed by atoms with E-state index in [9.17, 15) is 4.79 Å². The maximum atomic E-state index is 10.9. The Morgan fingerprint density at radius 2 is 1.85 bits per heavy atom. The highest BCUT2D eigenvalue weighted by atomic mass is 35.5. The van der Waals surface area contributed by atoms with Gasteiger partial charge in [-0.05, 0) is 29.3 Å². The van der Waals surface area contributed by atoms with Gasteiger partial charge in [-0.2, -0.15) is 0 Å². The third kappa shape index (κ3) is 2.98. The van der Waals surface area contributed by atoms with Gasteiger partial charge in [0.25, 0.3) is 0 Å². The summed E-state index contributed by atoms with van der Waals surface area (Å²) in [6.45, 7) is 0. The zero-order valence-electron chi connectivity index (χ0n) is 10.0. The van der Waals surface area contributed by atoms with Crippen LogP contribution in [-0.2, 0) is 11.2 Å². The van der Waals surface area contributed by atoms with Crippen LogP contribution in [0, 0.1) is 0 Å². The fraction of sp³-hybridized carbons (Fsp3) is 0.0769. The first kappa shape index (κ1) is 14.9. The van der Waals surface area contributed by atoms with E-state index in [-0.39, 0.29) is 27.3 Å². The number of hydrogen-bond acceptors (Lipinski definition) is 3. The van der Waals surface area contributed by atoms with Crippen LogP contribution in [0.15, 0.2) is 24.4 Å². The average molecular weight is 332 g/mol. The van der Waals surface area contributed by atoms with Gasteiger partial charge in [0.15, 0.2) is 0 Å². The van der Waals surface area contributed by atoms with Crippen LogP contribution in [0.3, 0.4) is 0 Å². The van der Waals surface area contributed by atoms with Crippen molar-refractivity contribution in [1.82, 2.24) is 4.98 Å². The highest BCUT2D eigenvalue weighted by Crippen LogP contribution is 2.37. The molecule has 1 heterocycles. The van der Waals surface area contributed by atoms with Crippen LogP contribution in [0.5, 0.6) is 0 Å². The van der Waals surface area contributed by atoms with Crippen molar-refractivity contribution < 1.29 is 9.90 Å². The molecule has 0 saturated heterocycles. The molecule has 104 valence electrons. The number of aliphatic carboxylic acids is 1. The van der Waals surface area contributed by atoms with Gasteiger partial charge in [-0.15, -0.1) is 0 Å². The van der Waals surface area contributed by atoms with Crippen LogP contribution in [0.4, 0.5) is 5.82 Å². The van der Waals surface area contributed by atoms with Crippen LogP contribution in [0.2, 0.25) is 15.1 Å². The molecular weight excluding hydrogens is 323 g/mol. The van der Waals surface area contributed by atoms with Gasteiger partial charge < -0.3 is 10.8 Å². The van der Waals surface area contributed by atoms with Gasteiger partial charge in [-0.1, -0.05) is 34.8 Å². The maximum absolute atomic E-state index is 10.9. The normalized spacial score (nSPS) is 10.6. The van der Waals surface area contributed by atoms with Gasteiger partial charge in [0, 0.05) is 11.8 Å². The van der Waals surface area contributed by atoms with Crippen molar-refractivity contribution in [2.24, 2.45) is 0 Å². The molecule has 0 radical (unpaired) electrons. The number of pyridine rings is 1. The first-order chi connectivity index (χ1) is 9.40. The Morgan fingerprint density at radius 3 is 2.40 bits per heavy atom. The molecule has 7 heteroatoms. The Hall–Kier alpha value is -1.49. The molecule has 1 aromatic carbocycles. The van der Waals surface area contributed by atoms with E-state index in [4.69, 9.17) is 45.6 Å². The van der Waals surface area contributed by atoms with Crippen molar-refractivity contribution in [3.63, 3.8) is 0 Å². The van der Waals surface area contributed by atoms with Gasteiger partial charge in [0.1, 0.15) is 5.82 Å². The predicted octanol–water partition coefficient (Wildman–Crippen LogP) is 3.92. The molecule has 0 saturated carbocycles. The van der Waals surface area contributed by atoms with E-state index in [1.165, 1.54) is 6.20 Å². The van der Waals surface area contributed by atoms with Crippen LogP contribution >= 0.6 is 34.8 Å². The molecule has 3 N–H and O–H groups in total. The quantitative estimate of drug-likeness (QED) is 0.836. The van der Waals surface area contributed by atoms with E-state index in [1.54, 1.807) is 18.2 Å². The molecule has 0 atom stereocenters. The Labute approximate surface area is 130 Å². The predicted molar refractivity (Wildman–Crippen MR) is 80.5 cm³/mol. The SMILES string of the molecule is Nc1nccc(CC(=O)O)c1-c1cc(Cl)c(Cl)c(Cl)c1. The van der Waals surface area contributed by atoms with Gasteiger partial charge in [0.05, 0.1) is 21.5 Å². The molecule has 1 aromatic heterocycles. The summed E-state index contributed by atoms with van der Waals surface area (Å²) >= 11 is 17.9. The number of carboxylic acid groups (broad SMARTS) is 1. The van der Waals surface area contributed by atoms with E-state index >= 15 is 0 Å². The lowest BCUT2D eigenvalue weighted by Gasteiger charge is -2.12. The molecule has 0 spiro atoms. The van der Waals surface area contributed by atoms with Crippen molar-refractivity contribution in [1.29, 1.82) is 0 Å². The molecule has 4 nitrogen and oxygen atoms in total. The molecule has 0 aliphatic rings. The molecule has 0 fully saturated rings. The molecule has 0 unspecified atom stereocenters. The second kappa shape index (κ2) is 5.87. The standard InChI is InChI=1S/C13H9Cl3N2O2/c14-8-3-7(4-9(15)12(8)16)11-6(5-10(19)20)1-2-18-13(11)17/h1-4H,5H2,(H2,17,18)(H,19,20). The summed E-state index contributed by atoms with van der Waals surface area (Å²) < 4.78 is 0. The minimum Gasteiger partial charge on any atom is -0.481 e. The minimum absolute atomic E-state index is 0.181. The van der Waals surface area contributed by atoms with E-state index in [0.29, 0.717) is 16.7 Å². The summed E-state index contributed by atoms with van der Waals surface area (Å²) in [6.07, 6.45) is 1.27. The van der Waals surface area contributed by atoms with Crippen LogP contribution < -0.4 is 5.73 Å². The zero-order chi connectivity index (χ0) is 14.9. The fourth-order valence-electron chi connectivity index (χ4n) is 1.86. The Balaban J connectivity index is 2.65. The lowest BCUT2D eigenvalue weighted by molar-refractivity contribution is -0.136. The number of carbonyl (C=O) groups is 1. The number of nitrogens with two attached hydrogens (primary N) is 1. The van der Waals surface area contributed by atoms with Gasteiger partial charge >= 0.3 is 5.97 Å². The highest BCUT2D eigenvalue weighted by Gasteiger charge is 2.15. The molecule has 0 aliphatic carbocycles. The zero-order valence-corrected chi connectivity index (χ0v) is 12.3. The average Bonchev–Trinajstić information content (AvgIpc) is 2.35. The second-order valence-electron chi connectivity index (χ2n) is 4.05. The molecule has 2 rings (SSSR count). The second-order valence-corrected chi connectivity index (χ2v) is 5.25. The van der Waals surface area contributed by atoms with Crippen molar-refractivity contribution in [2.75, 3.05) is 5.73 Å². The number of hydrogen-bond donors (Lipinski definition) is 2. The number of aromatic nitrogens is 1. The van der Waals surface area contributed by atoms with Gasteiger partial charge in [-0.25, -0.2) is 4.98 Å². The summed E-state index contributed by atoms with van der Waals surface area (Å²) in [7, 11) is 0. The molecule has 2 aromatic rings. The summed E-state index contributed by atoms with van der Waals surface area (Å²) in [5, 5.41) is 9.71. The number of carboxylic acids is 1. The number of halogens is 3. The third-order valence-electron chi connectivity index (χ3n) is 2.68. The van der Waals surface area contributed by atoms with E-state index < -0.39 is 5.97 Å². The van der Waals surface area contributed by atoms with Gasteiger partial charge in [-0.3, -0.25) is 4.79 Å². The number of nitrogen functional groups attached to an aromatic ring is 1. The monoisotopic (exact) mass is 330 g/mol. The van der Waals surface area contributed by atoms with Crippen molar-refractivity contribution in [3.8, 4) is 11.1 Å². The number of anilines is 1. The van der Waals surface area contributed by atoms with Crippen molar-refractivity contribution in [2.45, 2.75) is 6.42 Å². The van der Waals surface area contributed by atoms with Crippen LogP contribution in [0.1, 0.15) is 5.56 Å². The lowest BCUT2D eigenvalue weighted by atomic mass is 9.99. The number of nitrogens with zero attached hydrogens (tertiary/aromatic N) is 1. The van der Waals surface area contributed by atoms with E-state index in [1.807, 2.05) is 0 Å². The Bertz CT molecular complexity index is 666. The molecule has 20 heavy (non-hydrogen) atoms. The largest absolute Gasteiger partial charge is 0.481 e. The number of rotatable bonds is 3. The first-order valence-corrected chi connectivity index (χ1v) is 6.63. The van der Waals surface area contributed by atoms with Crippen LogP contribution in [0.25, 0.3) is 11.1 Å². The summed E-state index contributed by atoms with van der Waals surface area (Å²) in [6, 6.07) is 4.75. The minimum atomic E-state index is -0.969. The Morgan fingerprint density at radius 1 is 1.25 bits per heavy atom. The van der Waals surface area contributed by atoms with Gasteiger partial charge in [0.2, 0.25) is 0 Å². The Kier molecular flexibility index (Phi) is 4.38. The van der Waals surface area contributed by atoms with Crippen molar-refractivity contribution in [3.05, 3.63) is 45.0 Å². The molecular formula is C13H9Cl3N2O2. The lowest BCUT2D eigenvalue weighted by Crippen LogP contribution is -2.05. The third-order valence-corrected chi connectivity index (χ3v) is 3.88. The topological polar surface area (TPSA) is 76.2 Å². The van der Waals surface area contributed by atoms with E-state index in [2.05, 4.69) is 4.98 Å². The molecule has 0 aliphatic heterocycles. The van der Waals surface area contributed by atoms with Crippen LogP contribution in [-0.4, -0.2) is 16.1 Å². The highest BCUT2D eigenvalue weighted by molar-refractivity contribution is 6.48. The maximum Gasteiger partial charge on any atom is 0.307 e. The summed E-state index contributed by atoms with van der Waals surface area (Å²) in [4.78, 5) is 14.9. The smallest absolute Gasteiger partial charge is 0.307 e. The first-order valence-electron chi connectivity index (χ1n) is 5.50. The molecule has 0 bridgehead atoms.